The first-order valence-electron chi connectivity index (χ1n) is 7.93. The normalized spacial score (nSPS) is 15.3. The maximum atomic E-state index is 12.6. The Morgan fingerprint density at radius 3 is 2.39 bits per heavy atom. The van der Waals surface area contributed by atoms with E-state index in [0.717, 1.165) is 6.42 Å². The highest BCUT2D eigenvalue weighted by Crippen LogP contribution is 2.27. The van der Waals surface area contributed by atoms with Gasteiger partial charge in [-0.1, -0.05) is 24.6 Å². The lowest BCUT2D eigenvalue weighted by Gasteiger charge is -2.22. The fraction of sp³-hybridized carbons (Fsp3) is 0.529. The minimum absolute atomic E-state index is 0.0159. The van der Waals surface area contributed by atoms with Crippen LogP contribution in [0.5, 0.6) is 5.75 Å². The van der Waals surface area contributed by atoms with E-state index in [2.05, 4.69) is 0 Å². The van der Waals surface area contributed by atoms with Gasteiger partial charge in [0.2, 0.25) is 11.8 Å². The van der Waals surface area contributed by atoms with Crippen molar-refractivity contribution in [2.45, 2.75) is 26.2 Å². The number of amides is 2. The van der Waals surface area contributed by atoms with Gasteiger partial charge in [0, 0.05) is 43.2 Å². The average molecular weight is 339 g/mol. The van der Waals surface area contributed by atoms with Gasteiger partial charge >= 0.3 is 0 Å². The molecule has 0 radical (unpaired) electrons. The molecule has 6 heteroatoms. The van der Waals surface area contributed by atoms with E-state index in [9.17, 15) is 9.59 Å². The highest BCUT2D eigenvalue weighted by molar-refractivity contribution is 6.31. The van der Waals surface area contributed by atoms with E-state index in [1.165, 1.54) is 0 Å². The number of hydrogen-bond acceptors (Lipinski definition) is 3. The van der Waals surface area contributed by atoms with E-state index in [1.807, 2.05) is 16.7 Å². The number of carbonyl (C=O) groups is 2. The third-order valence-corrected chi connectivity index (χ3v) is 4.48. The van der Waals surface area contributed by atoms with Gasteiger partial charge in [-0.25, -0.2) is 0 Å². The summed E-state index contributed by atoms with van der Waals surface area (Å²) < 4.78 is 5.29. The fourth-order valence-corrected chi connectivity index (χ4v) is 3.04. The molecule has 0 unspecified atom stereocenters. The first-order valence-corrected chi connectivity index (χ1v) is 8.31. The second-order valence-corrected chi connectivity index (χ2v) is 5.97. The van der Waals surface area contributed by atoms with Gasteiger partial charge in [0.1, 0.15) is 5.75 Å². The molecule has 0 N–H and O–H groups in total. The summed E-state index contributed by atoms with van der Waals surface area (Å²) in [4.78, 5) is 28.0. The Morgan fingerprint density at radius 1 is 1.13 bits per heavy atom. The first-order chi connectivity index (χ1) is 11.1. The van der Waals surface area contributed by atoms with Crippen molar-refractivity contribution in [2.24, 2.45) is 0 Å². The summed E-state index contributed by atoms with van der Waals surface area (Å²) >= 11 is 6.20. The number of rotatable bonds is 4. The van der Waals surface area contributed by atoms with Crippen molar-refractivity contribution in [2.75, 3.05) is 33.3 Å². The van der Waals surface area contributed by atoms with Gasteiger partial charge in [-0.15, -0.1) is 0 Å². The molecule has 0 aliphatic carbocycles. The Bertz CT molecular complexity index is 577. The van der Waals surface area contributed by atoms with E-state index in [1.54, 1.807) is 25.3 Å². The standard InChI is InChI=1S/C17H23ClN2O3/c1-3-16(21)19-8-5-9-20(11-10-19)17(22)12-13-14(18)6-4-7-15(13)23-2/h4,6-7H,3,5,8-12H2,1-2H3. The molecule has 2 rings (SSSR count). The van der Waals surface area contributed by atoms with Crippen LogP contribution in [0.15, 0.2) is 18.2 Å². The summed E-state index contributed by atoms with van der Waals surface area (Å²) in [5.41, 5.74) is 0.715. The van der Waals surface area contributed by atoms with Crippen LogP contribution in [0.4, 0.5) is 0 Å². The molecule has 5 nitrogen and oxygen atoms in total. The number of carbonyl (C=O) groups excluding carboxylic acids is 2. The van der Waals surface area contributed by atoms with Crippen molar-refractivity contribution in [1.29, 1.82) is 0 Å². The lowest BCUT2D eigenvalue weighted by molar-refractivity contribution is -0.133. The molecule has 1 saturated heterocycles. The number of nitrogens with zero attached hydrogens (tertiary/aromatic N) is 2. The average Bonchev–Trinajstić information content (AvgIpc) is 2.82. The molecule has 0 saturated carbocycles. The van der Waals surface area contributed by atoms with Gasteiger partial charge < -0.3 is 14.5 Å². The number of hydrogen-bond donors (Lipinski definition) is 0. The maximum Gasteiger partial charge on any atom is 0.227 e. The van der Waals surface area contributed by atoms with Crippen LogP contribution >= 0.6 is 11.6 Å². The van der Waals surface area contributed by atoms with Crippen LogP contribution in [0.25, 0.3) is 0 Å². The van der Waals surface area contributed by atoms with Crippen LogP contribution in [0.2, 0.25) is 5.02 Å². The maximum absolute atomic E-state index is 12.6. The second-order valence-electron chi connectivity index (χ2n) is 5.57. The zero-order valence-corrected chi connectivity index (χ0v) is 14.4. The SMILES string of the molecule is CCC(=O)N1CCCN(C(=O)Cc2c(Cl)cccc2OC)CC1. The molecule has 2 amide bonds. The third-order valence-electron chi connectivity index (χ3n) is 4.13. The quantitative estimate of drug-likeness (QED) is 0.846. The predicted molar refractivity (Wildman–Crippen MR) is 89.8 cm³/mol. The minimum atomic E-state index is 0.0159. The molecule has 1 aliphatic rings. The molecular formula is C17H23ClN2O3. The lowest BCUT2D eigenvalue weighted by atomic mass is 10.1. The molecule has 0 bridgehead atoms. The Kier molecular flexibility index (Phi) is 6.28. The zero-order chi connectivity index (χ0) is 16.8. The molecule has 1 aromatic carbocycles. The molecule has 0 spiro atoms. The van der Waals surface area contributed by atoms with E-state index in [4.69, 9.17) is 16.3 Å². The van der Waals surface area contributed by atoms with Crippen LogP contribution in [-0.4, -0.2) is 54.9 Å². The van der Waals surface area contributed by atoms with Crippen molar-refractivity contribution < 1.29 is 14.3 Å². The van der Waals surface area contributed by atoms with Gasteiger partial charge in [-0.3, -0.25) is 9.59 Å². The van der Waals surface area contributed by atoms with Gasteiger partial charge in [-0.05, 0) is 18.6 Å². The first kappa shape index (κ1) is 17.6. The summed E-state index contributed by atoms with van der Waals surface area (Å²) in [5, 5.41) is 0.537. The number of halogens is 1. The molecule has 126 valence electrons. The Labute approximate surface area is 142 Å². The van der Waals surface area contributed by atoms with Crippen LogP contribution in [0.3, 0.4) is 0 Å². The molecule has 1 heterocycles. The van der Waals surface area contributed by atoms with Crippen molar-refractivity contribution >= 4 is 23.4 Å². The second kappa shape index (κ2) is 8.20. The third kappa shape index (κ3) is 4.38. The van der Waals surface area contributed by atoms with Gasteiger partial charge in [0.15, 0.2) is 0 Å². The molecular weight excluding hydrogens is 316 g/mol. The minimum Gasteiger partial charge on any atom is -0.496 e. The van der Waals surface area contributed by atoms with E-state index >= 15 is 0 Å². The highest BCUT2D eigenvalue weighted by atomic mass is 35.5. The highest BCUT2D eigenvalue weighted by Gasteiger charge is 2.22. The zero-order valence-electron chi connectivity index (χ0n) is 13.7. The molecule has 1 fully saturated rings. The van der Waals surface area contributed by atoms with Crippen molar-refractivity contribution in [3.8, 4) is 5.75 Å². The fourth-order valence-electron chi connectivity index (χ4n) is 2.80. The number of methoxy groups -OCH3 is 1. The predicted octanol–water partition coefficient (Wildman–Crippen LogP) is 2.36. The lowest BCUT2D eigenvalue weighted by Crippen LogP contribution is -2.37. The molecule has 1 aliphatic heterocycles. The largest absolute Gasteiger partial charge is 0.496 e. The molecule has 23 heavy (non-hydrogen) atoms. The van der Waals surface area contributed by atoms with Crippen LogP contribution in [0.1, 0.15) is 25.3 Å². The van der Waals surface area contributed by atoms with Crippen LogP contribution in [0, 0.1) is 0 Å². The molecule has 0 aromatic heterocycles. The number of ether oxygens (including phenoxy) is 1. The van der Waals surface area contributed by atoms with Crippen molar-refractivity contribution in [3.63, 3.8) is 0 Å². The monoisotopic (exact) mass is 338 g/mol. The summed E-state index contributed by atoms with van der Waals surface area (Å²) in [6, 6.07) is 5.37. The topological polar surface area (TPSA) is 49.9 Å². The summed E-state index contributed by atoms with van der Waals surface area (Å²) in [5.74, 6) is 0.790. The van der Waals surface area contributed by atoms with Crippen molar-refractivity contribution in [1.82, 2.24) is 9.80 Å². The Hall–Kier alpha value is -1.75. The Balaban J connectivity index is 2.03. The van der Waals surface area contributed by atoms with E-state index < -0.39 is 0 Å². The summed E-state index contributed by atoms with van der Waals surface area (Å²) in [6.07, 6.45) is 1.52. The molecule has 0 atom stereocenters. The van der Waals surface area contributed by atoms with Gasteiger partial charge in [0.05, 0.1) is 13.5 Å². The van der Waals surface area contributed by atoms with Crippen LogP contribution in [-0.2, 0) is 16.0 Å². The van der Waals surface area contributed by atoms with Gasteiger partial charge in [0.25, 0.3) is 0 Å². The summed E-state index contributed by atoms with van der Waals surface area (Å²) in [7, 11) is 1.57. The number of benzene rings is 1. The van der Waals surface area contributed by atoms with E-state index in [0.29, 0.717) is 48.9 Å². The smallest absolute Gasteiger partial charge is 0.227 e. The van der Waals surface area contributed by atoms with E-state index in [-0.39, 0.29) is 18.2 Å². The van der Waals surface area contributed by atoms with Crippen LogP contribution < -0.4 is 4.74 Å². The Morgan fingerprint density at radius 2 is 1.78 bits per heavy atom. The molecule has 1 aromatic rings. The van der Waals surface area contributed by atoms with Crippen molar-refractivity contribution in [3.05, 3.63) is 28.8 Å². The summed E-state index contributed by atoms with van der Waals surface area (Å²) in [6.45, 7) is 4.40. The van der Waals surface area contributed by atoms with Gasteiger partial charge in [-0.2, -0.15) is 0 Å².